The van der Waals surface area contributed by atoms with Gasteiger partial charge in [0.2, 0.25) is 0 Å². The molecule has 0 aliphatic carbocycles. The fourth-order valence-corrected chi connectivity index (χ4v) is 2.63. The number of rotatable bonds is 7. The SMILES string of the molecule is CN=C(NCCc1ccc(OC)c(OC)c1)NCc1cccc(Cl)c1. The van der Waals surface area contributed by atoms with Crippen LogP contribution in [-0.2, 0) is 13.0 Å². The average Bonchev–Trinajstić information content (AvgIpc) is 2.64. The summed E-state index contributed by atoms with van der Waals surface area (Å²) >= 11 is 6.00. The molecule has 0 saturated heterocycles. The Kier molecular flexibility index (Phi) is 7.41. The summed E-state index contributed by atoms with van der Waals surface area (Å²) in [6.45, 7) is 1.42. The van der Waals surface area contributed by atoms with Gasteiger partial charge in [-0.3, -0.25) is 4.99 Å². The molecule has 2 aromatic rings. The van der Waals surface area contributed by atoms with Crippen LogP contribution in [0.4, 0.5) is 0 Å². The molecule has 0 radical (unpaired) electrons. The molecule has 0 atom stereocenters. The van der Waals surface area contributed by atoms with Crippen LogP contribution in [-0.4, -0.2) is 33.8 Å². The smallest absolute Gasteiger partial charge is 0.191 e. The first-order valence-corrected chi connectivity index (χ1v) is 8.44. The average molecular weight is 362 g/mol. The van der Waals surface area contributed by atoms with Gasteiger partial charge in [-0.25, -0.2) is 0 Å². The summed E-state index contributed by atoms with van der Waals surface area (Å²) in [6, 6.07) is 13.7. The summed E-state index contributed by atoms with van der Waals surface area (Å²) in [6.07, 6.45) is 0.845. The van der Waals surface area contributed by atoms with Gasteiger partial charge in [0.25, 0.3) is 0 Å². The molecule has 2 rings (SSSR count). The van der Waals surface area contributed by atoms with Gasteiger partial charge in [-0.05, 0) is 41.8 Å². The molecule has 134 valence electrons. The van der Waals surface area contributed by atoms with E-state index >= 15 is 0 Å². The molecule has 0 unspecified atom stereocenters. The number of aliphatic imine (C=N–C) groups is 1. The van der Waals surface area contributed by atoms with E-state index < -0.39 is 0 Å². The number of ether oxygens (including phenoxy) is 2. The van der Waals surface area contributed by atoms with E-state index in [1.807, 2.05) is 42.5 Å². The zero-order valence-corrected chi connectivity index (χ0v) is 15.6. The quantitative estimate of drug-likeness (QED) is 0.587. The van der Waals surface area contributed by atoms with Crippen molar-refractivity contribution in [2.75, 3.05) is 27.8 Å². The van der Waals surface area contributed by atoms with Gasteiger partial charge in [-0.1, -0.05) is 29.8 Å². The molecule has 0 fully saturated rings. The van der Waals surface area contributed by atoms with E-state index in [0.29, 0.717) is 6.54 Å². The van der Waals surface area contributed by atoms with Crippen molar-refractivity contribution >= 4 is 17.6 Å². The Bertz CT molecular complexity index is 720. The Hall–Kier alpha value is -2.40. The number of methoxy groups -OCH3 is 2. The molecule has 0 heterocycles. The van der Waals surface area contributed by atoms with Crippen molar-refractivity contribution in [2.24, 2.45) is 4.99 Å². The van der Waals surface area contributed by atoms with Crippen LogP contribution < -0.4 is 20.1 Å². The molecule has 0 saturated carbocycles. The number of hydrogen-bond acceptors (Lipinski definition) is 3. The second kappa shape index (κ2) is 9.79. The van der Waals surface area contributed by atoms with Crippen LogP contribution >= 0.6 is 11.6 Å². The van der Waals surface area contributed by atoms with E-state index in [0.717, 1.165) is 46.6 Å². The number of hydrogen-bond donors (Lipinski definition) is 2. The number of benzene rings is 2. The fraction of sp³-hybridized carbons (Fsp3) is 0.316. The summed E-state index contributed by atoms with van der Waals surface area (Å²) in [5.74, 6) is 2.22. The number of nitrogens with one attached hydrogen (secondary N) is 2. The Morgan fingerprint density at radius 3 is 2.48 bits per heavy atom. The van der Waals surface area contributed by atoms with E-state index in [4.69, 9.17) is 21.1 Å². The van der Waals surface area contributed by atoms with E-state index in [-0.39, 0.29) is 0 Å². The van der Waals surface area contributed by atoms with Crippen LogP contribution in [0.15, 0.2) is 47.5 Å². The van der Waals surface area contributed by atoms with Crippen molar-refractivity contribution in [3.63, 3.8) is 0 Å². The molecule has 5 nitrogen and oxygen atoms in total. The molecule has 25 heavy (non-hydrogen) atoms. The van der Waals surface area contributed by atoms with Crippen LogP contribution in [0.3, 0.4) is 0 Å². The lowest BCUT2D eigenvalue weighted by Crippen LogP contribution is -2.37. The third kappa shape index (κ3) is 5.87. The van der Waals surface area contributed by atoms with Gasteiger partial charge < -0.3 is 20.1 Å². The van der Waals surface area contributed by atoms with Gasteiger partial charge in [0.15, 0.2) is 17.5 Å². The van der Waals surface area contributed by atoms with Crippen LogP contribution in [0.25, 0.3) is 0 Å². The Morgan fingerprint density at radius 1 is 1.00 bits per heavy atom. The summed E-state index contributed by atoms with van der Waals surface area (Å²) in [7, 11) is 5.03. The molecule has 0 aromatic heterocycles. The standard InChI is InChI=1S/C19H24ClN3O2/c1-21-19(23-13-15-5-4-6-16(20)11-15)22-10-9-14-7-8-17(24-2)18(12-14)25-3/h4-8,11-12H,9-10,13H2,1-3H3,(H2,21,22,23). The molecule has 0 bridgehead atoms. The lowest BCUT2D eigenvalue weighted by Gasteiger charge is -2.13. The third-order valence-electron chi connectivity index (χ3n) is 3.73. The Labute approximate surface area is 154 Å². The first-order chi connectivity index (χ1) is 12.2. The summed E-state index contributed by atoms with van der Waals surface area (Å²) in [5.41, 5.74) is 2.27. The second-order valence-corrected chi connectivity index (χ2v) is 5.86. The molecule has 2 N–H and O–H groups in total. The second-order valence-electron chi connectivity index (χ2n) is 5.42. The van der Waals surface area contributed by atoms with Crippen LogP contribution in [0.1, 0.15) is 11.1 Å². The first kappa shape index (κ1) is 18.9. The van der Waals surface area contributed by atoms with Crippen LogP contribution in [0.5, 0.6) is 11.5 Å². The van der Waals surface area contributed by atoms with E-state index in [1.54, 1.807) is 21.3 Å². The minimum absolute atomic E-state index is 0.663. The predicted octanol–water partition coefficient (Wildman–Crippen LogP) is 3.26. The van der Waals surface area contributed by atoms with Gasteiger partial charge in [0.1, 0.15) is 0 Å². The topological polar surface area (TPSA) is 54.9 Å². The van der Waals surface area contributed by atoms with Crippen molar-refractivity contribution in [2.45, 2.75) is 13.0 Å². The zero-order chi connectivity index (χ0) is 18.1. The molecular weight excluding hydrogens is 338 g/mol. The number of halogens is 1. The highest BCUT2D eigenvalue weighted by molar-refractivity contribution is 6.30. The third-order valence-corrected chi connectivity index (χ3v) is 3.96. The monoisotopic (exact) mass is 361 g/mol. The molecule has 2 aromatic carbocycles. The Balaban J connectivity index is 1.83. The fourth-order valence-electron chi connectivity index (χ4n) is 2.41. The maximum Gasteiger partial charge on any atom is 0.191 e. The molecular formula is C19H24ClN3O2. The largest absolute Gasteiger partial charge is 0.493 e. The predicted molar refractivity (Wildman–Crippen MR) is 103 cm³/mol. The minimum atomic E-state index is 0.663. The van der Waals surface area contributed by atoms with Crippen molar-refractivity contribution in [1.82, 2.24) is 10.6 Å². The van der Waals surface area contributed by atoms with E-state index in [1.165, 1.54) is 0 Å². The summed E-state index contributed by atoms with van der Waals surface area (Å²) in [5, 5.41) is 7.31. The summed E-state index contributed by atoms with van der Waals surface area (Å²) < 4.78 is 10.6. The highest BCUT2D eigenvalue weighted by Gasteiger charge is 2.05. The minimum Gasteiger partial charge on any atom is -0.493 e. The highest BCUT2D eigenvalue weighted by atomic mass is 35.5. The van der Waals surface area contributed by atoms with Gasteiger partial charge in [-0.2, -0.15) is 0 Å². The molecule has 0 amide bonds. The molecule has 0 aliphatic heterocycles. The van der Waals surface area contributed by atoms with E-state index in [2.05, 4.69) is 15.6 Å². The van der Waals surface area contributed by atoms with E-state index in [9.17, 15) is 0 Å². The van der Waals surface area contributed by atoms with Crippen LogP contribution in [0, 0.1) is 0 Å². The molecule has 0 aliphatic rings. The number of nitrogens with zero attached hydrogens (tertiary/aromatic N) is 1. The lowest BCUT2D eigenvalue weighted by atomic mass is 10.1. The normalized spacial score (nSPS) is 11.1. The lowest BCUT2D eigenvalue weighted by molar-refractivity contribution is 0.354. The number of guanidine groups is 1. The van der Waals surface area contributed by atoms with Crippen LogP contribution in [0.2, 0.25) is 5.02 Å². The van der Waals surface area contributed by atoms with Gasteiger partial charge in [0, 0.05) is 25.2 Å². The van der Waals surface area contributed by atoms with Gasteiger partial charge in [0.05, 0.1) is 14.2 Å². The zero-order valence-electron chi connectivity index (χ0n) is 14.8. The van der Waals surface area contributed by atoms with Gasteiger partial charge in [-0.15, -0.1) is 0 Å². The van der Waals surface area contributed by atoms with Gasteiger partial charge >= 0.3 is 0 Å². The molecule has 6 heteroatoms. The van der Waals surface area contributed by atoms with Crippen molar-refractivity contribution in [1.29, 1.82) is 0 Å². The first-order valence-electron chi connectivity index (χ1n) is 8.06. The van der Waals surface area contributed by atoms with Crippen molar-refractivity contribution < 1.29 is 9.47 Å². The summed E-state index contributed by atoms with van der Waals surface area (Å²) in [4.78, 5) is 4.23. The maximum atomic E-state index is 6.00. The maximum absolute atomic E-state index is 6.00. The van der Waals surface area contributed by atoms with Crippen molar-refractivity contribution in [3.05, 3.63) is 58.6 Å². The Morgan fingerprint density at radius 2 is 1.80 bits per heavy atom. The molecule has 0 spiro atoms. The highest BCUT2D eigenvalue weighted by Crippen LogP contribution is 2.27. The van der Waals surface area contributed by atoms with Crippen molar-refractivity contribution in [3.8, 4) is 11.5 Å².